The number of rotatable bonds is 9. The highest BCUT2D eigenvalue weighted by Crippen LogP contribution is 2.38. The average molecular weight is 546 g/mol. The first-order valence-corrected chi connectivity index (χ1v) is 13.9. The van der Waals surface area contributed by atoms with Gasteiger partial charge >= 0.3 is 0 Å². The van der Waals surface area contributed by atoms with Gasteiger partial charge in [-0.2, -0.15) is 0 Å². The van der Waals surface area contributed by atoms with E-state index < -0.39 is 0 Å². The molecular weight excluding hydrogens is 506 g/mol. The summed E-state index contributed by atoms with van der Waals surface area (Å²) in [6.45, 7) is 8.05. The standard InChI is InChI=1S/C29H39N9O2/c1-5-40-23-12-24(28-25-15-32-33-29(25)34-38(28)19-23)21-7-8-26(30-14-21)37-11-10-36(22(18-37)17-35(2)3)16-20-6-9-27(39-4)31-13-20/h6-9,12-14,19,22,29,32-34H,5,10-11,15-18H2,1-4H3. The molecule has 212 valence electrons. The Hall–Kier alpha value is -3.48. The van der Waals surface area contributed by atoms with E-state index in [9.17, 15) is 0 Å². The number of likely N-dealkylation sites (N-methyl/N-ethyl adjacent to an activating group) is 1. The summed E-state index contributed by atoms with van der Waals surface area (Å²) in [4.78, 5) is 16.6. The lowest BCUT2D eigenvalue weighted by Gasteiger charge is -2.43. The molecule has 11 nitrogen and oxygen atoms in total. The van der Waals surface area contributed by atoms with E-state index in [4.69, 9.17) is 14.5 Å². The monoisotopic (exact) mass is 545 g/mol. The zero-order valence-corrected chi connectivity index (χ0v) is 23.7. The third-order valence-corrected chi connectivity index (χ3v) is 7.75. The van der Waals surface area contributed by atoms with Gasteiger partial charge in [0.2, 0.25) is 5.88 Å². The van der Waals surface area contributed by atoms with Crippen LogP contribution in [-0.2, 0) is 11.3 Å². The Morgan fingerprint density at radius 1 is 1.10 bits per heavy atom. The molecule has 2 atom stereocenters. The van der Waals surface area contributed by atoms with Gasteiger partial charge in [-0.3, -0.25) is 15.3 Å². The molecule has 0 saturated carbocycles. The molecule has 0 radical (unpaired) electrons. The molecular formula is C29H39N9O2. The first-order chi connectivity index (χ1) is 19.5. The van der Waals surface area contributed by atoms with Crippen molar-refractivity contribution in [2.75, 3.05) is 65.4 Å². The van der Waals surface area contributed by atoms with Crippen LogP contribution in [0.2, 0.25) is 0 Å². The van der Waals surface area contributed by atoms with Crippen molar-refractivity contribution in [2.24, 2.45) is 0 Å². The van der Waals surface area contributed by atoms with E-state index in [1.54, 1.807) is 7.11 Å². The van der Waals surface area contributed by atoms with Crippen molar-refractivity contribution >= 4 is 11.4 Å². The highest BCUT2D eigenvalue weighted by molar-refractivity contribution is 5.83. The van der Waals surface area contributed by atoms with Crippen LogP contribution in [0.3, 0.4) is 0 Å². The van der Waals surface area contributed by atoms with E-state index in [2.05, 4.69) is 79.3 Å². The molecule has 0 spiro atoms. The molecule has 2 aromatic rings. The van der Waals surface area contributed by atoms with Crippen molar-refractivity contribution in [3.8, 4) is 5.88 Å². The summed E-state index contributed by atoms with van der Waals surface area (Å²) in [5, 5.41) is 2.07. The van der Waals surface area contributed by atoms with Crippen molar-refractivity contribution in [1.29, 1.82) is 0 Å². The summed E-state index contributed by atoms with van der Waals surface area (Å²) >= 11 is 0. The number of pyridine rings is 2. The third-order valence-electron chi connectivity index (χ3n) is 7.75. The van der Waals surface area contributed by atoms with E-state index in [1.807, 2.05) is 31.6 Å². The number of hydrazine groups is 2. The van der Waals surface area contributed by atoms with Crippen molar-refractivity contribution in [2.45, 2.75) is 25.7 Å². The number of nitrogens with zero attached hydrogens (tertiary/aromatic N) is 6. The van der Waals surface area contributed by atoms with Gasteiger partial charge in [0.15, 0.2) is 0 Å². The van der Waals surface area contributed by atoms with Crippen molar-refractivity contribution in [3.05, 3.63) is 77.1 Å². The highest BCUT2D eigenvalue weighted by Gasteiger charge is 2.37. The van der Waals surface area contributed by atoms with Crippen LogP contribution in [0.5, 0.6) is 5.88 Å². The van der Waals surface area contributed by atoms with Gasteiger partial charge in [-0.05, 0) is 44.8 Å². The first kappa shape index (κ1) is 26.7. The topological polar surface area (TPSA) is 93.3 Å². The van der Waals surface area contributed by atoms with E-state index >= 15 is 0 Å². The zero-order chi connectivity index (χ0) is 27.6. The fraction of sp³-hybridized carbons (Fsp3) is 0.448. The fourth-order valence-corrected chi connectivity index (χ4v) is 5.87. The summed E-state index contributed by atoms with van der Waals surface area (Å²) in [7, 11) is 5.92. The molecule has 4 aliphatic rings. The first-order valence-electron chi connectivity index (χ1n) is 13.9. The van der Waals surface area contributed by atoms with Crippen molar-refractivity contribution in [3.63, 3.8) is 0 Å². The minimum Gasteiger partial charge on any atom is -0.492 e. The number of hydrogen-bond acceptors (Lipinski definition) is 11. The highest BCUT2D eigenvalue weighted by atomic mass is 16.5. The average Bonchev–Trinajstić information content (AvgIpc) is 3.55. The SMILES string of the molecule is CCOC1=CN2NC3NNCC3=C2C(c2ccc(N3CCN(Cc4ccc(OC)nc4)C(CN(C)C)C3)nc2)=C1. The van der Waals surface area contributed by atoms with Crippen LogP contribution in [-0.4, -0.2) is 97.5 Å². The van der Waals surface area contributed by atoms with Crippen LogP contribution in [0.15, 0.2) is 66.0 Å². The molecule has 4 aliphatic heterocycles. The Bertz CT molecular complexity index is 1290. The number of anilines is 1. The van der Waals surface area contributed by atoms with Gasteiger partial charge in [0.25, 0.3) is 0 Å². The van der Waals surface area contributed by atoms with Crippen LogP contribution in [0.1, 0.15) is 18.1 Å². The molecule has 2 saturated heterocycles. The lowest BCUT2D eigenvalue weighted by molar-refractivity contribution is 0.138. The van der Waals surface area contributed by atoms with Gasteiger partial charge in [0.05, 0.1) is 25.6 Å². The zero-order valence-electron chi connectivity index (χ0n) is 23.7. The van der Waals surface area contributed by atoms with Crippen molar-refractivity contribution in [1.82, 2.24) is 41.1 Å². The normalized spacial score (nSPS) is 22.8. The summed E-state index contributed by atoms with van der Waals surface area (Å²) in [5.74, 6) is 2.49. The van der Waals surface area contributed by atoms with Gasteiger partial charge in [-0.15, -0.1) is 0 Å². The maximum atomic E-state index is 5.89. The number of aromatic nitrogens is 2. The molecule has 2 unspecified atom stereocenters. The molecule has 6 heterocycles. The molecule has 2 fully saturated rings. The second-order valence-corrected chi connectivity index (χ2v) is 10.8. The van der Waals surface area contributed by atoms with E-state index in [1.165, 1.54) is 11.1 Å². The van der Waals surface area contributed by atoms with Crippen LogP contribution < -0.4 is 25.9 Å². The molecule has 3 N–H and O–H groups in total. The molecule has 6 rings (SSSR count). The number of methoxy groups -OCH3 is 1. The fourth-order valence-electron chi connectivity index (χ4n) is 5.87. The molecule has 40 heavy (non-hydrogen) atoms. The number of ether oxygens (including phenoxy) is 2. The predicted octanol–water partition coefficient (Wildman–Crippen LogP) is 1.52. The predicted molar refractivity (Wildman–Crippen MR) is 155 cm³/mol. The van der Waals surface area contributed by atoms with E-state index in [0.717, 1.165) is 67.7 Å². The second-order valence-electron chi connectivity index (χ2n) is 10.8. The lowest BCUT2D eigenvalue weighted by Crippen LogP contribution is -2.56. The molecule has 0 bridgehead atoms. The Morgan fingerprint density at radius 3 is 2.73 bits per heavy atom. The summed E-state index contributed by atoms with van der Waals surface area (Å²) in [6, 6.07) is 8.76. The summed E-state index contributed by atoms with van der Waals surface area (Å²) < 4.78 is 11.1. The Labute approximate surface area is 236 Å². The van der Waals surface area contributed by atoms with Gasteiger partial charge in [-0.1, -0.05) is 6.07 Å². The van der Waals surface area contributed by atoms with Gasteiger partial charge in [0, 0.05) is 80.5 Å². The number of piperazine rings is 1. The molecule has 2 aromatic heterocycles. The van der Waals surface area contributed by atoms with E-state index in [-0.39, 0.29) is 6.17 Å². The van der Waals surface area contributed by atoms with Crippen LogP contribution in [0, 0.1) is 0 Å². The lowest BCUT2D eigenvalue weighted by atomic mass is 9.98. The Morgan fingerprint density at radius 2 is 2.00 bits per heavy atom. The Balaban J connectivity index is 1.20. The molecule has 0 aromatic carbocycles. The molecule has 0 aliphatic carbocycles. The van der Waals surface area contributed by atoms with Gasteiger partial charge < -0.3 is 19.3 Å². The number of nitrogens with one attached hydrogen (secondary N) is 3. The van der Waals surface area contributed by atoms with Crippen LogP contribution in [0.25, 0.3) is 5.57 Å². The van der Waals surface area contributed by atoms with Crippen molar-refractivity contribution < 1.29 is 9.47 Å². The van der Waals surface area contributed by atoms with E-state index in [0.29, 0.717) is 18.5 Å². The van der Waals surface area contributed by atoms with Gasteiger partial charge in [-0.25, -0.2) is 20.8 Å². The smallest absolute Gasteiger partial charge is 0.212 e. The van der Waals surface area contributed by atoms with Crippen LogP contribution >= 0.6 is 0 Å². The van der Waals surface area contributed by atoms with Crippen LogP contribution in [0.4, 0.5) is 5.82 Å². The minimum absolute atomic E-state index is 0.0708. The maximum absolute atomic E-state index is 5.89. The molecule has 0 amide bonds. The minimum atomic E-state index is 0.0708. The summed E-state index contributed by atoms with van der Waals surface area (Å²) in [5.41, 5.74) is 15.9. The number of fused-ring (bicyclic) bond motifs is 2. The second kappa shape index (κ2) is 11.6. The quantitative estimate of drug-likeness (QED) is 0.428. The maximum Gasteiger partial charge on any atom is 0.212 e. The Kier molecular flexibility index (Phi) is 7.72. The largest absolute Gasteiger partial charge is 0.492 e. The van der Waals surface area contributed by atoms with Gasteiger partial charge in [0.1, 0.15) is 17.7 Å². The third kappa shape index (κ3) is 5.43. The number of allylic oxidation sites excluding steroid dienone is 2. The molecule has 11 heteroatoms. The summed E-state index contributed by atoms with van der Waals surface area (Å²) in [6.07, 6.45) is 8.13. The number of hydrogen-bond donors (Lipinski definition) is 3.